The average Bonchev–Trinajstić information content (AvgIpc) is 2.60. The normalized spacial score (nSPS) is 11.2. The van der Waals surface area contributed by atoms with Crippen LogP contribution in [0.15, 0.2) is 60.0 Å². The first-order valence-electron chi connectivity index (χ1n) is 7.55. The van der Waals surface area contributed by atoms with Gasteiger partial charge >= 0.3 is 5.69 Å². The van der Waals surface area contributed by atoms with E-state index in [1.807, 2.05) is 0 Å². The van der Waals surface area contributed by atoms with Crippen LogP contribution in [0.1, 0.15) is 5.56 Å². The summed E-state index contributed by atoms with van der Waals surface area (Å²) >= 11 is 6.66. The third-order valence-electron chi connectivity index (χ3n) is 3.49. The number of hydrogen-bond donors (Lipinski definition) is 2. The van der Waals surface area contributed by atoms with Crippen molar-refractivity contribution in [1.82, 2.24) is 9.66 Å². The number of carbonyl (C=O) groups excluding carboxylic acids is 1. The minimum Gasteiger partial charge on any atom is -0.481 e. The van der Waals surface area contributed by atoms with Crippen molar-refractivity contribution < 1.29 is 9.53 Å². The summed E-state index contributed by atoms with van der Waals surface area (Å²) in [5.74, 6) is -0.207. The van der Waals surface area contributed by atoms with E-state index in [-0.39, 0.29) is 6.61 Å². The molecular formula is C17H12Br2N4O4. The zero-order chi connectivity index (χ0) is 19.6. The Hall–Kier alpha value is -2.72. The Bertz CT molecular complexity index is 1160. The summed E-state index contributed by atoms with van der Waals surface area (Å²) < 4.78 is 7.14. The molecule has 2 aromatic carbocycles. The van der Waals surface area contributed by atoms with Gasteiger partial charge < -0.3 is 15.5 Å². The molecule has 3 rings (SSSR count). The number of carbonyl (C=O) groups is 1. The van der Waals surface area contributed by atoms with Gasteiger partial charge in [0.25, 0.3) is 11.5 Å². The van der Waals surface area contributed by atoms with Gasteiger partial charge in [-0.05, 0) is 61.7 Å². The van der Waals surface area contributed by atoms with Crippen molar-refractivity contribution in [3.63, 3.8) is 0 Å². The number of aromatic nitrogens is 2. The lowest BCUT2D eigenvalue weighted by atomic mass is 10.2. The topological polar surface area (TPSA) is 120 Å². The van der Waals surface area contributed by atoms with Crippen molar-refractivity contribution in [1.29, 1.82) is 0 Å². The fraction of sp³-hybridized carbons (Fsp3) is 0.0588. The van der Waals surface area contributed by atoms with Crippen LogP contribution in [-0.4, -0.2) is 28.4 Å². The van der Waals surface area contributed by atoms with Crippen LogP contribution < -0.4 is 21.7 Å². The summed E-state index contributed by atoms with van der Waals surface area (Å²) in [6, 6.07) is 10.00. The van der Waals surface area contributed by atoms with E-state index in [4.69, 9.17) is 10.5 Å². The fourth-order valence-electron chi connectivity index (χ4n) is 2.32. The molecule has 3 aromatic rings. The molecule has 0 radical (unpaired) electrons. The Morgan fingerprint density at radius 3 is 2.56 bits per heavy atom. The summed E-state index contributed by atoms with van der Waals surface area (Å²) in [5, 5.41) is 4.34. The molecule has 1 aromatic heterocycles. The van der Waals surface area contributed by atoms with Crippen LogP contribution in [0.3, 0.4) is 0 Å². The zero-order valence-corrected chi connectivity index (χ0v) is 16.8. The molecule has 0 aliphatic rings. The number of primary amides is 1. The fourth-order valence-corrected chi connectivity index (χ4v) is 3.77. The number of amides is 1. The van der Waals surface area contributed by atoms with Gasteiger partial charge in [-0.15, -0.1) is 4.68 Å². The van der Waals surface area contributed by atoms with Gasteiger partial charge in [-0.1, -0.05) is 12.1 Å². The van der Waals surface area contributed by atoms with E-state index in [2.05, 4.69) is 41.9 Å². The lowest BCUT2D eigenvalue weighted by Gasteiger charge is -2.09. The number of aromatic amines is 1. The molecule has 10 heteroatoms. The number of rotatable bonds is 5. The SMILES string of the molecule is NC(=O)COc1c(Br)cc(C=Nn2c(=O)[nH]c3ccccc3c2=O)cc1Br. The molecule has 0 saturated carbocycles. The number of para-hydroxylation sites is 1. The van der Waals surface area contributed by atoms with Crippen molar-refractivity contribution in [2.75, 3.05) is 6.61 Å². The highest BCUT2D eigenvalue weighted by Crippen LogP contribution is 2.34. The molecule has 0 bridgehead atoms. The molecule has 1 amide bonds. The number of ether oxygens (including phenoxy) is 1. The van der Waals surface area contributed by atoms with Gasteiger partial charge in [-0.2, -0.15) is 5.10 Å². The molecule has 0 unspecified atom stereocenters. The maximum absolute atomic E-state index is 12.5. The lowest BCUT2D eigenvalue weighted by Crippen LogP contribution is -2.32. The van der Waals surface area contributed by atoms with Crippen LogP contribution in [0.2, 0.25) is 0 Å². The average molecular weight is 496 g/mol. The number of halogens is 2. The van der Waals surface area contributed by atoms with E-state index in [0.717, 1.165) is 4.68 Å². The smallest absolute Gasteiger partial charge is 0.349 e. The standard InChI is InChI=1S/C17H12Br2N4O4/c18-11-5-9(6-12(19)15(11)27-8-14(20)24)7-21-23-16(25)10-3-1-2-4-13(10)22-17(23)26/h1-7H,8H2,(H2,20,24)(H,22,26). The molecule has 138 valence electrons. The number of nitrogens with zero attached hydrogens (tertiary/aromatic N) is 2. The van der Waals surface area contributed by atoms with E-state index in [9.17, 15) is 14.4 Å². The number of hydrogen-bond acceptors (Lipinski definition) is 5. The number of benzene rings is 2. The van der Waals surface area contributed by atoms with Gasteiger partial charge in [0, 0.05) is 0 Å². The molecule has 0 fully saturated rings. The molecule has 3 N–H and O–H groups in total. The number of fused-ring (bicyclic) bond motifs is 1. The van der Waals surface area contributed by atoms with Gasteiger partial charge in [0.1, 0.15) is 5.75 Å². The van der Waals surface area contributed by atoms with Crippen LogP contribution in [0.25, 0.3) is 10.9 Å². The number of H-pyrrole nitrogens is 1. The molecule has 1 heterocycles. The highest BCUT2D eigenvalue weighted by Gasteiger charge is 2.10. The Kier molecular flexibility index (Phi) is 5.57. The Balaban J connectivity index is 1.97. The van der Waals surface area contributed by atoms with E-state index < -0.39 is 17.2 Å². The monoisotopic (exact) mass is 494 g/mol. The Labute approximate surface area is 168 Å². The summed E-state index contributed by atoms with van der Waals surface area (Å²) in [4.78, 5) is 38.0. The van der Waals surface area contributed by atoms with Gasteiger partial charge in [0.15, 0.2) is 6.61 Å². The van der Waals surface area contributed by atoms with Gasteiger partial charge in [-0.3, -0.25) is 9.59 Å². The first-order chi connectivity index (χ1) is 12.9. The summed E-state index contributed by atoms with van der Waals surface area (Å²) in [6.07, 6.45) is 1.36. The van der Waals surface area contributed by atoms with Gasteiger partial charge in [0.2, 0.25) is 0 Å². The molecular weight excluding hydrogens is 484 g/mol. The maximum atomic E-state index is 12.5. The van der Waals surface area contributed by atoms with Crippen molar-refractivity contribution in [3.05, 3.63) is 71.7 Å². The van der Waals surface area contributed by atoms with E-state index in [1.54, 1.807) is 36.4 Å². The summed E-state index contributed by atoms with van der Waals surface area (Å²) in [6.45, 7) is -0.271. The quantitative estimate of drug-likeness (QED) is 0.525. The third-order valence-corrected chi connectivity index (χ3v) is 4.66. The first kappa shape index (κ1) is 19.1. The molecule has 0 aliphatic heterocycles. The molecule has 8 nitrogen and oxygen atoms in total. The second kappa shape index (κ2) is 7.89. The zero-order valence-electron chi connectivity index (χ0n) is 13.6. The van der Waals surface area contributed by atoms with Gasteiger partial charge in [-0.25, -0.2) is 4.79 Å². The highest BCUT2D eigenvalue weighted by atomic mass is 79.9. The molecule has 0 aliphatic carbocycles. The molecule has 0 spiro atoms. The van der Waals surface area contributed by atoms with Crippen molar-refractivity contribution >= 4 is 54.9 Å². The predicted octanol–water partition coefficient (Wildman–Crippen LogP) is 1.96. The Morgan fingerprint density at radius 2 is 1.89 bits per heavy atom. The number of nitrogens with two attached hydrogens (primary N) is 1. The van der Waals surface area contributed by atoms with Crippen molar-refractivity contribution in [2.45, 2.75) is 0 Å². The first-order valence-corrected chi connectivity index (χ1v) is 9.14. The maximum Gasteiger partial charge on any atom is 0.349 e. The highest BCUT2D eigenvalue weighted by molar-refractivity contribution is 9.11. The van der Waals surface area contributed by atoms with Crippen LogP contribution in [0, 0.1) is 0 Å². The van der Waals surface area contributed by atoms with Crippen LogP contribution in [-0.2, 0) is 4.79 Å². The minimum absolute atomic E-state index is 0.271. The second-order valence-corrected chi connectivity index (χ2v) is 7.11. The minimum atomic E-state index is -0.644. The Morgan fingerprint density at radius 1 is 1.22 bits per heavy atom. The third kappa shape index (κ3) is 4.17. The largest absolute Gasteiger partial charge is 0.481 e. The second-order valence-electron chi connectivity index (χ2n) is 5.41. The van der Waals surface area contributed by atoms with Gasteiger partial charge in [0.05, 0.1) is 26.1 Å². The molecule has 27 heavy (non-hydrogen) atoms. The molecule has 0 saturated heterocycles. The van der Waals surface area contributed by atoms with Crippen LogP contribution >= 0.6 is 31.9 Å². The van der Waals surface area contributed by atoms with Crippen molar-refractivity contribution in [2.24, 2.45) is 10.8 Å². The van der Waals surface area contributed by atoms with E-state index >= 15 is 0 Å². The van der Waals surface area contributed by atoms with Crippen molar-refractivity contribution in [3.8, 4) is 5.75 Å². The van der Waals surface area contributed by atoms with E-state index in [1.165, 1.54) is 6.21 Å². The van der Waals surface area contributed by atoms with Crippen LogP contribution in [0.5, 0.6) is 5.75 Å². The van der Waals surface area contributed by atoms with E-state index in [0.29, 0.717) is 31.2 Å². The number of nitrogens with one attached hydrogen (secondary N) is 1. The summed E-state index contributed by atoms with van der Waals surface area (Å²) in [5.41, 5.74) is 4.93. The summed E-state index contributed by atoms with van der Waals surface area (Å²) in [7, 11) is 0. The predicted molar refractivity (Wildman–Crippen MR) is 108 cm³/mol. The molecule has 0 atom stereocenters. The lowest BCUT2D eigenvalue weighted by molar-refractivity contribution is -0.119. The van der Waals surface area contributed by atoms with Crippen LogP contribution in [0.4, 0.5) is 0 Å².